The zero-order chi connectivity index (χ0) is 28.4. The first-order chi connectivity index (χ1) is 19.1. The lowest BCUT2D eigenvalue weighted by molar-refractivity contribution is 0.0240. The molecule has 0 aliphatic carbocycles. The third-order valence-electron chi connectivity index (χ3n) is 8.02. The molecule has 2 aromatic carbocycles. The van der Waals surface area contributed by atoms with Gasteiger partial charge in [-0.3, -0.25) is 9.69 Å². The highest BCUT2D eigenvalue weighted by Gasteiger charge is 2.30. The molecule has 1 fully saturated rings. The third-order valence-corrected chi connectivity index (χ3v) is 8.02. The second kappa shape index (κ2) is 11.7. The van der Waals surface area contributed by atoms with Crippen molar-refractivity contribution in [1.29, 1.82) is 0 Å². The maximum absolute atomic E-state index is 13.6. The van der Waals surface area contributed by atoms with E-state index in [0.29, 0.717) is 57.9 Å². The maximum atomic E-state index is 13.6. The van der Waals surface area contributed by atoms with Gasteiger partial charge in [-0.25, -0.2) is 4.79 Å². The van der Waals surface area contributed by atoms with Gasteiger partial charge in [0.25, 0.3) is 5.91 Å². The van der Waals surface area contributed by atoms with Crippen molar-refractivity contribution in [2.75, 3.05) is 75.8 Å². The molecule has 0 saturated carbocycles. The number of amides is 2. The second-order valence-electron chi connectivity index (χ2n) is 12.2. The van der Waals surface area contributed by atoms with Crippen molar-refractivity contribution in [1.82, 2.24) is 14.7 Å². The average Bonchev–Trinajstić information content (AvgIpc) is 3.04. The van der Waals surface area contributed by atoms with Crippen LogP contribution in [0.25, 0.3) is 0 Å². The van der Waals surface area contributed by atoms with E-state index in [4.69, 9.17) is 4.74 Å². The first-order valence-corrected chi connectivity index (χ1v) is 14.4. The Balaban J connectivity index is 1.20. The van der Waals surface area contributed by atoms with Crippen LogP contribution in [0.3, 0.4) is 0 Å². The number of aliphatic hydroxyl groups excluding tert-OH is 1. The molecular weight excluding hydrogens is 506 g/mol. The summed E-state index contributed by atoms with van der Waals surface area (Å²) in [6.07, 6.45) is 0.107. The summed E-state index contributed by atoms with van der Waals surface area (Å²) in [6, 6.07) is 14.5. The highest BCUT2D eigenvalue weighted by atomic mass is 16.6. The van der Waals surface area contributed by atoms with Gasteiger partial charge < -0.3 is 29.4 Å². The molecule has 2 amide bonds. The van der Waals surface area contributed by atoms with E-state index in [-0.39, 0.29) is 12.0 Å². The third kappa shape index (κ3) is 6.53. The Morgan fingerprint density at radius 2 is 1.68 bits per heavy atom. The fourth-order valence-electron chi connectivity index (χ4n) is 5.84. The molecule has 40 heavy (non-hydrogen) atoms. The summed E-state index contributed by atoms with van der Waals surface area (Å²) in [5.41, 5.74) is 4.81. The number of carbonyl (C=O) groups is 2. The van der Waals surface area contributed by atoms with Gasteiger partial charge in [-0.1, -0.05) is 24.3 Å². The molecule has 3 aliphatic heterocycles. The van der Waals surface area contributed by atoms with Gasteiger partial charge in [0.2, 0.25) is 0 Å². The number of aliphatic hydroxyl groups is 1. The zero-order valence-electron chi connectivity index (χ0n) is 24.3. The molecular formula is C31H43N5O4. The van der Waals surface area contributed by atoms with Crippen LogP contribution in [0.5, 0.6) is 0 Å². The molecule has 5 rings (SSSR count). The van der Waals surface area contributed by atoms with Crippen LogP contribution in [0.1, 0.15) is 42.3 Å². The molecule has 0 unspecified atom stereocenters. The molecule has 3 heterocycles. The van der Waals surface area contributed by atoms with Crippen molar-refractivity contribution in [2.24, 2.45) is 0 Å². The molecule has 1 atom stereocenters. The minimum Gasteiger partial charge on any atom is -0.444 e. The molecule has 0 bridgehead atoms. The molecule has 0 radical (unpaired) electrons. The Bertz CT molecular complexity index is 1220. The number of β-amino-alcohol motifs (C(OH)–C–C–N with tert-alkyl or cyclic N) is 1. The Morgan fingerprint density at radius 1 is 0.950 bits per heavy atom. The van der Waals surface area contributed by atoms with Crippen molar-refractivity contribution >= 4 is 23.4 Å². The summed E-state index contributed by atoms with van der Waals surface area (Å²) < 4.78 is 5.53. The van der Waals surface area contributed by atoms with Crippen LogP contribution in [0.2, 0.25) is 0 Å². The van der Waals surface area contributed by atoms with E-state index in [1.165, 1.54) is 11.1 Å². The lowest BCUT2D eigenvalue weighted by Crippen LogP contribution is -2.50. The van der Waals surface area contributed by atoms with Crippen LogP contribution in [0.4, 0.5) is 16.2 Å². The maximum Gasteiger partial charge on any atom is 0.410 e. The molecule has 2 aromatic rings. The molecule has 1 N–H and O–H groups in total. The van der Waals surface area contributed by atoms with Crippen LogP contribution >= 0.6 is 0 Å². The molecule has 3 aliphatic rings. The number of nitrogens with zero attached hydrogens (tertiary/aromatic N) is 5. The summed E-state index contributed by atoms with van der Waals surface area (Å²) in [6.45, 7) is 12.1. The molecule has 0 spiro atoms. The van der Waals surface area contributed by atoms with Crippen molar-refractivity contribution in [3.63, 3.8) is 0 Å². The molecule has 1 saturated heterocycles. The van der Waals surface area contributed by atoms with Gasteiger partial charge >= 0.3 is 6.09 Å². The normalized spacial score (nSPS) is 19.2. The van der Waals surface area contributed by atoms with Crippen molar-refractivity contribution in [3.05, 3.63) is 59.2 Å². The predicted octanol–water partition coefficient (Wildman–Crippen LogP) is 3.05. The number of anilines is 2. The van der Waals surface area contributed by atoms with Crippen molar-refractivity contribution in [3.8, 4) is 0 Å². The van der Waals surface area contributed by atoms with Crippen LogP contribution < -0.4 is 9.80 Å². The lowest BCUT2D eigenvalue weighted by Gasteiger charge is -2.37. The molecule has 9 heteroatoms. The van der Waals surface area contributed by atoms with E-state index in [1.54, 1.807) is 9.80 Å². The number of likely N-dealkylation sites (N-methyl/N-ethyl adjacent to an activating group) is 1. The fraction of sp³-hybridized carbons (Fsp3) is 0.548. The summed E-state index contributed by atoms with van der Waals surface area (Å²) >= 11 is 0. The van der Waals surface area contributed by atoms with E-state index < -0.39 is 11.7 Å². The van der Waals surface area contributed by atoms with E-state index in [0.717, 1.165) is 30.9 Å². The topological polar surface area (TPSA) is 79.8 Å². The molecule has 0 aromatic heterocycles. The standard InChI is InChI=1S/C31H43N5O4/c1-31(2,3)40-30(39)35-17-15-34(16-18-35)25-9-10-27-28(19-25)32(4)13-14-36(29(27)38)22-26(37)21-33-12-11-23-7-5-6-8-24(23)20-33/h5-10,19,26,37H,11-18,20-22H2,1-4H3/t26-/m1/s1. The highest BCUT2D eigenvalue weighted by molar-refractivity contribution is 6.01. The minimum absolute atomic E-state index is 0.0383. The lowest BCUT2D eigenvalue weighted by atomic mass is 10.00. The number of hydrogen-bond donors (Lipinski definition) is 1. The molecule has 9 nitrogen and oxygen atoms in total. The van der Waals surface area contributed by atoms with Crippen LogP contribution in [0, 0.1) is 0 Å². The largest absolute Gasteiger partial charge is 0.444 e. The number of piperazine rings is 1. The summed E-state index contributed by atoms with van der Waals surface area (Å²) in [5, 5.41) is 11.0. The quantitative estimate of drug-likeness (QED) is 0.614. The van der Waals surface area contributed by atoms with Crippen molar-refractivity contribution in [2.45, 2.75) is 45.4 Å². The average molecular weight is 550 g/mol. The van der Waals surface area contributed by atoms with Crippen LogP contribution in [-0.2, 0) is 17.7 Å². The second-order valence-corrected chi connectivity index (χ2v) is 12.2. The van der Waals surface area contributed by atoms with E-state index in [9.17, 15) is 14.7 Å². The monoisotopic (exact) mass is 549 g/mol. The van der Waals surface area contributed by atoms with Gasteiger partial charge in [-0.2, -0.15) is 0 Å². The van der Waals surface area contributed by atoms with Gasteiger partial charge in [0.1, 0.15) is 5.60 Å². The zero-order valence-corrected chi connectivity index (χ0v) is 24.3. The predicted molar refractivity (Wildman–Crippen MR) is 157 cm³/mol. The van der Waals surface area contributed by atoms with Gasteiger partial charge in [0, 0.05) is 78.2 Å². The number of carbonyl (C=O) groups excluding carboxylic acids is 2. The Kier molecular flexibility index (Phi) is 8.24. The van der Waals surface area contributed by atoms with E-state index in [1.807, 2.05) is 40.0 Å². The van der Waals surface area contributed by atoms with Gasteiger partial charge in [-0.15, -0.1) is 0 Å². The van der Waals surface area contributed by atoms with Gasteiger partial charge in [-0.05, 0) is 56.5 Å². The number of rotatable bonds is 5. The number of hydrogen-bond acceptors (Lipinski definition) is 7. The Hall–Kier alpha value is -3.30. The first kappa shape index (κ1) is 28.2. The SMILES string of the molecule is CN1CCN(C[C@H](O)CN2CCc3ccccc3C2)C(=O)c2ccc(N3CCN(C(=O)OC(C)(C)C)CC3)cc21. The summed E-state index contributed by atoms with van der Waals surface area (Å²) in [5.74, 6) is -0.0383. The highest BCUT2D eigenvalue weighted by Crippen LogP contribution is 2.30. The van der Waals surface area contributed by atoms with Crippen LogP contribution in [0.15, 0.2) is 42.5 Å². The number of benzene rings is 2. The number of ether oxygens (including phenoxy) is 1. The minimum atomic E-state index is -0.610. The fourth-order valence-corrected chi connectivity index (χ4v) is 5.84. The number of fused-ring (bicyclic) bond motifs is 2. The molecule has 216 valence electrons. The summed E-state index contributed by atoms with van der Waals surface area (Å²) in [7, 11) is 2.02. The van der Waals surface area contributed by atoms with Crippen LogP contribution in [-0.4, -0.2) is 109 Å². The van der Waals surface area contributed by atoms with Crippen molar-refractivity contribution < 1.29 is 19.4 Å². The Morgan fingerprint density at radius 3 is 2.40 bits per heavy atom. The Labute approximate surface area is 237 Å². The van der Waals surface area contributed by atoms with Gasteiger partial charge in [0.15, 0.2) is 0 Å². The van der Waals surface area contributed by atoms with E-state index >= 15 is 0 Å². The smallest absolute Gasteiger partial charge is 0.410 e. The first-order valence-electron chi connectivity index (χ1n) is 14.4. The van der Waals surface area contributed by atoms with Gasteiger partial charge in [0.05, 0.1) is 17.4 Å². The summed E-state index contributed by atoms with van der Waals surface area (Å²) in [4.78, 5) is 36.3. The van der Waals surface area contributed by atoms with E-state index in [2.05, 4.69) is 45.0 Å².